The van der Waals surface area contributed by atoms with Gasteiger partial charge in [-0.2, -0.15) is 4.31 Å². The highest BCUT2D eigenvalue weighted by atomic mass is 32.2. The first-order valence-electron chi connectivity index (χ1n) is 9.55. The van der Waals surface area contributed by atoms with E-state index in [4.69, 9.17) is 4.74 Å². The van der Waals surface area contributed by atoms with Gasteiger partial charge in [0.15, 0.2) is 0 Å². The summed E-state index contributed by atoms with van der Waals surface area (Å²) in [4.78, 5) is 16.4. The van der Waals surface area contributed by atoms with Gasteiger partial charge in [-0.1, -0.05) is 29.8 Å². The van der Waals surface area contributed by atoms with E-state index in [1.807, 2.05) is 31.2 Å². The first-order chi connectivity index (χ1) is 12.9. The topological polar surface area (TPSA) is 70.2 Å². The molecule has 0 aliphatic carbocycles. The van der Waals surface area contributed by atoms with E-state index in [0.29, 0.717) is 32.6 Å². The van der Waals surface area contributed by atoms with Gasteiger partial charge in [0.05, 0.1) is 19.0 Å². The van der Waals surface area contributed by atoms with Crippen molar-refractivity contribution in [3.63, 3.8) is 0 Å². The number of aryl methyl sites for hydroxylation is 1. The molecule has 0 aromatic heterocycles. The van der Waals surface area contributed by atoms with E-state index < -0.39 is 10.0 Å². The van der Waals surface area contributed by atoms with Crippen LogP contribution in [0.25, 0.3) is 0 Å². The van der Waals surface area contributed by atoms with Gasteiger partial charge in [0, 0.05) is 52.2 Å². The third-order valence-corrected chi connectivity index (χ3v) is 7.05. The smallest absolute Gasteiger partial charge is 0.223 e. The Morgan fingerprint density at radius 3 is 2.26 bits per heavy atom. The van der Waals surface area contributed by atoms with Crippen LogP contribution in [0, 0.1) is 6.92 Å². The first kappa shape index (κ1) is 20.3. The van der Waals surface area contributed by atoms with Crippen LogP contribution >= 0.6 is 0 Å². The van der Waals surface area contributed by atoms with Crippen molar-refractivity contribution in [1.29, 1.82) is 0 Å². The molecule has 1 amide bonds. The fourth-order valence-electron chi connectivity index (χ4n) is 3.44. The lowest BCUT2D eigenvalue weighted by Crippen LogP contribution is -2.51. The summed E-state index contributed by atoms with van der Waals surface area (Å²) in [5, 5.41) is 0. The normalized spacial score (nSPS) is 20.0. The molecule has 0 N–H and O–H groups in total. The largest absolute Gasteiger partial charge is 0.379 e. The molecule has 1 aromatic carbocycles. The molecule has 27 heavy (non-hydrogen) atoms. The highest BCUT2D eigenvalue weighted by molar-refractivity contribution is 7.88. The summed E-state index contributed by atoms with van der Waals surface area (Å²) >= 11 is 0. The van der Waals surface area contributed by atoms with Gasteiger partial charge in [-0.15, -0.1) is 0 Å². The summed E-state index contributed by atoms with van der Waals surface area (Å²) in [6.07, 6.45) is 0.482. The standard InChI is InChI=1S/C19H29N3O4S/c1-17-2-4-18(5-3-17)16-27(24,25)22-10-8-21(9-11-22)19(23)6-7-20-12-14-26-15-13-20/h2-5H,6-16H2,1H3. The quantitative estimate of drug-likeness (QED) is 0.709. The van der Waals surface area contributed by atoms with Gasteiger partial charge in [-0.25, -0.2) is 8.42 Å². The summed E-state index contributed by atoms with van der Waals surface area (Å²) < 4.78 is 32.1. The van der Waals surface area contributed by atoms with Crippen molar-refractivity contribution in [2.45, 2.75) is 19.1 Å². The molecular weight excluding hydrogens is 366 g/mol. The molecule has 2 heterocycles. The number of benzene rings is 1. The molecule has 0 saturated carbocycles. The van der Waals surface area contributed by atoms with Crippen LogP contribution in [0.4, 0.5) is 0 Å². The van der Waals surface area contributed by atoms with E-state index in [1.165, 1.54) is 4.31 Å². The summed E-state index contributed by atoms with van der Waals surface area (Å²) in [5.74, 6) is 0.121. The van der Waals surface area contributed by atoms with Crippen LogP contribution in [0.5, 0.6) is 0 Å². The Morgan fingerprint density at radius 1 is 1.00 bits per heavy atom. The number of rotatable bonds is 6. The van der Waals surface area contributed by atoms with Crippen LogP contribution in [-0.2, 0) is 25.3 Å². The summed E-state index contributed by atoms with van der Waals surface area (Å²) in [6.45, 7) is 7.61. The maximum Gasteiger partial charge on any atom is 0.223 e. The summed E-state index contributed by atoms with van der Waals surface area (Å²) in [6, 6.07) is 7.57. The minimum atomic E-state index is -3.35. The van der Waals surface area contributed by atoms with Gasteiger partial charge in [-0.3, -0.25) is 9.69 Å². The lowest BCUT2D eigenvalue weighted by molar-refractivity contribution is -0.133. The molecule has 0 atom stereocenters. The predicted octanol–water partition coefficient (Wildman–Crippen LogP) is 0.691. The van der Waals surface area contributed by atoms with E-state index in [1.54, 1.807) is 4.90 Å². The van der Waals surface area contributed by atoms with E-state index in [0.717, 1.165) is 44.0 Å². The molecular formula is C19H29N3O4S. The number of carbonyl (C=O) groups excluding carboxylic acids is 1. The second kappa shape index (κ2) is 9.14. The molecule has 2 fully saturated rings. The van der Waals surface area contributed by atoms with Gasteiger partial charge >= 0.3 is 0 Å². The van der Waals surface area contributed by atoms with Crippen LogP contribution in [0.1, 0.15) is 17.5 Å². The molecule has 0 spiro atoms. The van der Waals surface area contributed by atoms with Crippen molar-refractivity contribution < 1.29 is 17.9 Å². The number of piperazine rings is 1. The Labute approximate surface area is 161 Å². The van der Waals surface area contributed by atoms with Gasteiger partial charge in [0.2, 0.25) is 15.9 Å². The van der Waals surface area contributed by atoms with Crippen molar-refractivity contribution in [3.8, 4) is 0 Å². The highest BCUT2D eigenvalue weighted by Gasteiger charge is 2.29. The Bertz CT molecular complexity index is 722. The number of nitrogens with zero attached hydrogens (tertiary/aromatic N) is 3. The van der Waals surface area contributed by atoms with Crippen LogP contribution in [0.3, 0.4) is 0 Å². The lowest BCUT2D eigenvalue weighted by atomic mass is 10.2. The van der Waals surface area contributed by atoms with E-state index in [2.05, 4.69) is 4.90 Å². The van der Waals surface area contributed by atoms with E-state index in [9.17, 15) is 13.2 Å². The Hall–Kier alpha value is -1.48. The second-order valence-electron chi connectivity index (χ2n) is 7.23. The van der Waals surface area contributed by atoms with Crippen LogP contribution in [0.15, 0.2) is 24.3 Å². The molecule has 7 nitrogen and oxygen atoms in total. The monoisotopic (exact) mass is 395 g/mol. The summed E-state index contributed by atoms with van der Waals surface area (Å²) in [7, 11) is -3.35. The van der Waals surface area contributed by atoms with Crippen molar-refractivity contribution in [1.82, 2.24) is 14.1 Å². The van der Waals surface area contributed by atoms with Crippen LogP contribution in [-0.4, -0.2) is 87.5 Å². The maximum atomic E-state index is 12.7. The zero-order chi connectivity index (χ0) is 19.3. The highest BCUT2D eigenvalue weighted by Crippen LogP contribution is 2.15. The van der Waals surface area contributed by atoms with Crippen molar-refractivity contribution >= 4 is 15.9 Å². The SMILES string of the molecule is Cc1ccc(CS(=O)(=O)N2CCN(C(=O)CCN3CCOCC3)CC2)cc1. The van der Waals surface area contributed by atoms with Gasteiger partial charge in [-0.05, 0) is 12.5 Å². The number of ether oxygens (including phenoxy) is 1. The third-order valence-electron chi connectivity index (χ3n) is 5.20. The Morgan fingerprint density at radius 2 is 1.63 bits per heavy atom. The number of carbonyl (C=O) groups is 1. The fraction of sp³-hybridized carbons (Fsp3) is 0.632. The minimum absolute atomic E-state index is 0.0122. The number of amides is 1. The van der Waals surface area contributed by atoms with Crippen LogP contribution < -0.4 is 0 Å². The summed E-state index contributed by atoms with van der Waals surface area (Å²) in [5.41, 5.74) is 1.91. The number of hydrogen-bond donors (Lipinski definition) is 0. The molecule has 0 radical (unpaired) electrons. The molecule has 2 saturated heterocycles. The number of hydrogen-bond acceptors (Lipinski definition) is 5. The van der Waals surface area contributed by atoms with Crippen molar-refractivity contribution in [2.75, 3.05) is 59.0 Å². The average molecular weight is 396 g/mol. The average Bonchev–Trinajstić information content (AvgIpc) is 2.69. The minimum Gasteiger partial charge on any atom is -0.379 e. The van der Waals surface area contributed by atoms with E-state index in [-0.39, 0.29) is 11.7 Å². The van der Waals surface area contributed by atoms with Crippen molar-refractivity contribution in [2.24, 2.45) is 0 Å². The zero-order valence-electron chi connectivity index (χ0n) is 16.0. The molecule has 1 aromatic rings. The third kappa shape index (κ3) is 5.75. The second-order valence-corrected chi connectivity index (χ2v) is 9.19. The number of morpholine rings is 1. The molecule has 0 unspecified atom stereocenters. The van der Waals surface area contributed by atoms with Gasteiger partial charge in [0.1, 0.15) is 0 Å². The molecule has 2 aliphatic rings. The first-order valence-corrected chi connectivity index (χ1v) is 11.2. The van der Waals surface area contributed by atoms with Crippen molar-refractivity contribution in [3.05, 3.63) is 35.4 Å². The molecule has 8 heteroatoms. The molecule has 2 aliphatic heterocycles. The molecule has 150 valence electrons. The Kier molecular flexibility index (Phi) is 6.86. The zero-order valence-corrected chi connectivity index (χ0v) is 16.8. The lowest BCUT2D eigenvalue weighted by Gasteiger charge is -2.34. The van der Waals surface area contributed by atoms with Gasteiger partial charge < -0.3 is 9.64 Å². The molecule has 3 rings (SSSR count). The number of sulfonamides is 1. The maximum absolute atomic E-state index is 12.7. The predicted molar refractivity (Wildman–Crippen MR) is 104 cm³/mol. The van der Waals surface area contributed by atoms with E-state index >= 15 is 0 Å². The fourth-order valence-corrected chi connectivity index (χ4v) is 4.95. The molecule has 0 bridgehead atoms. The van der Waals surface area contributed by atoms with Crippen LogP contribution in [0.2, 0.25) is 0 Å². The van der Waals surface area contributed by atoms with Gasteiger partial charge in [0.25, 0.3) is 0 Å². The Balaban J connectivity index is 1.45.